The van der Waals surface area contributed by atoms with Crippen molar-refractivity contribution in [1.82, 2.24) is 0 Å². The van der Waals surface area contributed by atoms with Crippen LogP contribution in [0.2, 0.25) is 0 Å². The molecule has 10 aromatic carbocycles. The predicted molar refractivity (Wildman–Crippen MR) is 285 cm³/mol. The van der Waals surface area contributed by atoms with Gasteiger partial charge in [0.1, 0.15) is 0 Å². The number of hydrogen-bond acceptors (Lipinski definition) is 1. The lowest BCUT2D eigenvalue weighted by atomic mass is 9.67. The van der Waals surface area contributed by atoms with E-state index in [2.05, 4.69) is 187 Å². The lowest BCUT2D eigenvalue weighted by Gasteiger charge is -2.34. The molecule has 67 heavy (non-hydrogen) atoms. The van der Waals surface area contributed by atoms with Crippen LogP contribution in [0, 0.1) is 41.5 Å². The zero-order valence-corrected chi connectivity index (χ0v) is 39.7. The van der Waals surface area contributed by atoms with Gasteiger partial charge in [0.05, 0.1) is 5.41 Å². The lowest BCUT2D eigenvalue weighted by Crippen LogP contribution is -2.29. The maximum absolute atomic E-state index is 14.1. The zero-order valence-electron chi connectivity index (χ0n) is 39.7. The number of ketones is 1. The van der Waals surface area contributed by atoms with E-state index in [0.29, 0.717) is 5.56 Å². The summed E-state index contributed by atoms with van der Waals surface area (Å²) in [6, 6.07) is 87.9. The van der Waals surface area contributed by atoms with Gasteiger partial charge in [0.2, 0.25) is 0 Å². The first kappa shape index (κ1) is 47.1. The molecule has 0 amide bonds. The summed E-state index contributed by atoms with van der Waals surface area (Å²) in [5.41, 5.74) is 15.9. The molecule has 1 aliphatic carbocycles. The molecule has 10 aromatic rings. The summed E-state index contributed by atoms with van der Waals surface area (Å²) < 4.78 is 0. The van der Waals surface area contributed by atoms with Gasteiger partial charge in [-0.05, 0) is 91.8 Å². The number of rotatable bonds is 4. The van der Waals surface area contributed by atoms with Gasteiger partial charge in [0.15, 0.2) is 5.78 Å². The minimum atomic E-state index is -0.525. The van der Waals surface area contributed by atoms with E-state index in [1.54, 1.807) is 0 Å². The van der Waals surface area contributed by atoms with Crippen LogP contribution in [0.15, 0.2) is 255 Å². The molecule has 1 heteroatoms. The third kappa shape index (κ3) is 11.7. The van der Waals surface area contributed by atoms with E-state index in [1.165, 1.54) is 61.2 Å². The van der Waals surface area contributed by atoms with Crippen molar-refractivity contribution in [3.8, 4) is 11.1 Å². The molecular weight excluding hydrogens is 809 g/mol. The number of aryl methyl sites for hydroxylation is 6. The summed E-state index contributed by atoms with van der Waals surface area (Å²) in [6.45, 7) is 12.6. The molecule has 1 nitrogen and oxygen atoms in total. The first-order chi connectivity index (χ1) is 32.6. The fourth-order valence-corrected chi connectivity index (χ4v) is 8.53. The fourth-order valence-electron chi connectivity index (χ4n) is 8.53. The van der Waals surface area contributed by atoms with Gasteiger partial charge in [-0.2, -0.15) is 0 Å². The van der Waals surface area contributed by atoms with Gasteiger partial charge in [-0.15, -0.1) is 0 Å². The molecule has 0 unspecified atom stereocenters. The molecule has 1 aliphatic rings. The van der Waals surface area contributed by atoms with Crippen molar-refractivity contribution < 1.29 is 4.79 Å². The normalized spacial score (nSPS) is 11.3. The average molecular weight is 869 g/mol. The topological polar surface area (TPSA) is 17.1 Å². The summed E-state index contributed by atoms with van der Waals surface area (Å²) in [5, 5.41) is 2.06. The van der Waals surface area contributed by atoms with Gasteiger partial charge in [-0.1, -0.05) is 282 Å². The Balaban J connectivity index is 0.000000189. The molecule has 11 rings (SSSR count). The average Bonchev–Trinajstić information content (AvgIpc) is 3.66. The SMILES string of the molecule is Cc1ccc(C2(c3ccc(C)cc3)c3ccccc3-c3ccc(C(=O)c4cccc5ccccc45)cc32)cc1.Cc1ccccc1.Cc1ccccc1.Cc1ccccc1.Cc1ccccc1. The Labute approximate surface area is 399 Å². The van der Waals surface area contributed by atoms with E-state index in [0.717, 1.165) is 21.9 Å². The van der Waals surface area contributed by atoms with Crippen LogP contribution in [0.1, 0.15) is 71.6 Å². The van der Waals surface area contributed by atoms with Gasteiger partial charge in [0, 0.05) is 11.1 Å². The highest BCUT2D eigenvalue weighted by molar-refractivity contribution is 6.16. The van der Waals surface area contributed by atoms with Crippen LogP contribution in [-0.2, 0) is 5.41 Å². The van der Waals surface area contributed by atoms with Crippen LogP contribution in [-0.4, -0.2) is 5.78 Å². The van der Waals surface area contributed by atoms with E-state index in [-0.39, 0.29) is 5.78 Å². The van der Waals surface area contributed by atoms with Crippen molar-refractivity contribution >= 4 is 16.6 Å². The monoisotopic (exact) mass is 868 g/mol. The second kappa shape index (κ2) is 22.8. The summed E-state index contributed by atoms with van der Waals surface area (Å²) in [5.74, 6) is 0.0484. The molecule has 0 aromatic heterocycles. The molecule has 0 saturated carbocycles. The third-order valence-electron chi connectivity index (χ3n) is 12.1. The molecule has 0 heterocycles. The minimum absolute atomic E-state index is 0.0484. The number of carbonyl (C=O) groups is 1. The van der Waals surface area contributed by atoms with Crippen molar-refractivity contribution in [3.05, 3.63) is 322 Å². The summed E-state index contributed by atoms with van der Waals surface area (Å²) in [6.07, 6.45) is 0. The third-order valence-corrected chi connectivity index (χ3v) is 12.1. The summed E-state index contributed by atoms with van der Waals surface area (Å²) in [4.78, 5) is 14.1. The van der Waals surface area contributed by atoms with Crippen molar-refractivity contribution in [2.45, 2.75) is 47.0 Å². The van der Waals surface area contributed by atoms with Gasteiger partial charge in [0.25, 0.3) is 0 Å². The van der Waals surface area contributed by atoms with Crippen LogP contribution in [0.3, 0.4) is 0 Å². The number of carbonyl (C=O) groups excluding carboxylic acids is 1. The summed E-state index contributed by atoms with van der Waals surface area (Å²) >= 11 is 0. The van der Waals surface area contributed by atoms with Gasteiger partial charge in [-0.25, -0.2) is 0 Å². The van der Waals surface area contributed by atoms with Gasteiger partial charge < -0.3 is 0 Å². The number of benzene rings is 10. The molecule has 0 fully saturated rings. The number of fused-ring (bicyclic) bond motifs is 4. The molecule has 330 valence electrons. The van der Waals surface area contributed by atoms with E-state index in [4.69, 9.17) is 0 Å². The van der Waals surface area contributed by atoms with Gasteiger partial charge >= 0.3 is 0 Å². The zero-order chi connectivity index (χ0) is 47.0. The first-order valence-corrected chi connectivity index (χ1v) is 23.1. The molecule has 0 aliphatic heterocycles. The molecular formula is C66H60O. The highest BCUT2D eigenvalue weighted by Crippen LogP contribution is 2.56. The van der Waals surface area contributed by atoms with E-state index in [9.17, 15) is 4.79 Å². The fraction of sp³-hybridized carbons (Fsp3) is 0.106. The Hall–Kier alpha value is -7.87. The Morgan fingerprint density at radius 2 is 0.687 bits per heavy atom. The highest BCUT2D eigenvalue weighted by Gasteiger charge is 2.46. The van der Waals surface area contributed by atoms with Gasteiger partial charge in [-0.3, -0.25) is 4.79 Å². The van der Waals surface area contributed by atoms with Crippen LogP contribution in [0.5, 0.6) is 0 Å². The molecule has 0 spiro atoms. The van der Waals surface area contributed by atoms with Crippen LogP contribution in [0.25, 0.3) is 21.9 Å². The van der Waals surface area contributed by atoms with Crippen molar-refractivity contribution in [2.75, 3.05) is 0 Å². The quantitative estimate of drug-likeness (QED) is 0.161. The Bertz CT molecular complexity index is 2900. The highest BCUT2D eigenvalue weighted by atomic mass is 16.1. The Kier molecular flexibility index (Phi) is 16.1. The largest absolute Gasteiger partial charge is 0.289 e. The lowest BCUT2D eigenvalue weighted by molar-refractivity contribution is 0.104. The summed E-state index contributed by atoms with van der Waals surface area (Å²) in [7, 11) is 0. The maximum atomic E-state index is 14.1. The standard InChI is InChI=1S/C38H28O.4C7H8/c1-25-14-19-29(20-15-25)38(30-21-16-26(2)17-22-30)35-13-6-5-11-32(35)33-23-18-28(24-36(33)38)37(39)34-12-7-9-27-8-3-4-10-31(27)34;4*1-7-5-3-2-4-6-7/h3-24H,1-2H3;4*2-6H,1H3. The maximum Gasteiger partial charge on any atom is 0.193 e. The van der Waals surface area contributed by atoms with Crippen LogP contribution in [0.4, 0.5) is 0 Å². The van der Waals surface area contributed by atoms with Crippen molar-refractivity contribution in [1.29, 1.82) is 0 Å². The van der Waals surface area contributed by atoms with E-state index < -0.39 is 5.41 Å². The molecule has 0 radical (unpaired) electrons. The predicted octanol–water partition coefficient (Wildman–Crippen LogP) is 17.0. The molecule has 0 bridgehead atoms. The van der Waals surface area contributed by atoms with E-state index in [1.807, 2.05) is 109 Å². The Morgan fingerprint density at radius 3 is 1.13 bits per heavy atom. The second-order valence-electron chi connectivity index (χ2n) is 17.3. The smallest absolute Gasteiger partial charge is 0.193 e. The van der Waals surface area contributed by atoms with E-state index >= 15 is 0 Å². The van der Waals surface area contributed by atoms with Crippen molar-refractivity contribution in [3.63, 3.8) is 0 Å². The first-order valence-electron chi connectivity index (χ1n) is 23.1. The van der Waals surface area contributed by atoms with Crippen molar-refractivity contribution in [2.24, 2.45) is 0 Å². The number of hydrogen-bond donors (Lipinski definition) is 0. The Morgan fingerprint density at radius 1 is 0.313 bits per heavy atom. The van der Waals surface area contributed by atoms with Crippen LogP contribution >= 0.6 is 0 Å². The molecule has 0 N–H and O–H groups in total. The molecule has 0 saturated heterocycles. The molecule has 0 atom stereocenters. The van der Waals surface area contributed by atoms with Crippen LogP contribution < -0.4 is 0 Å². The minimum Gasteiger partial charge on any atom is -0.289 e. The second-order valence-corrected chi connectivity index (χ2v) is 17.3.